The summed E-state index contributed by atoms with van der Waals surface area (Å²) < 4.78 is 74.3. The van der Waals surface area contributed by atoms with Crippen molar-refractivity contribution in [3.05, 3.63) is 90.2 Å². The normalized spacial score (nSPS) is 11.4. The van der Waals surface area contributed by atoms with Crippen molar-refractivity contribution in [1.29, 1.82) is 0 Å². The minimum absolute atomic E-state index is 0.0283. The maximum absolute atomic E-state index is 14.0. The second-order valence-corrected chi connectivity index (χ2v) is 7.81. The quantitative estimate of drug-likeness (QED) is 0.440. The molecule has 0 amide bonds. The number of nitrogens with one attached hydrogen (secondary N) is 1. The fourth-order valence-corrected chi connectivity index (χ4v) is 3.91. The molecule has 0 bridgehead atoms. The Labute approximate surface area is 169 Å². The van der Waals surface area contributed by atoms with Gasteiger partial charge in [0, 0.05) is 11.1 Å². The van der Waals surface area contributed by atoms with Crippen molar-refractivity contribution in [2.24, 2.45) is 0 Å². The summed E-state index contributed by atoms with van der Waals surface area (Å²) in [7, 11) is -4.52. The van der Waals surface area contributed by atoms with Gasteiger partial charge >= 0.3 is 0 Å². The topological polar surface area (TPSA) is 72.2 Å². The number of hydrogen-bond acceptors (Lipinski definition) is 4. The van der Waals surface area contributed by atoms with Gasteiger partial charge in [0.2, 0.25) is 10.9 Å². The van der Waals surface area contributed by atoms with E-state index in [1.165, 1.54) is 0 Å². The van der Waals surface area contributed by atoms with E-state index in [-0.39, 0.29) is 11.7 Å². The van der Waals surface area contributed by atoms with Crippen LogP contribution in [0.3, 0.4) is 0 Å². The Morgan fingerprint density at radius 3 is 2.00 bits per heavy atom. The summed E-state index contributed by atoms with van der Waals surface area (Å²) in [5.74, 6) is -4.94. The number of oxazole rings is 1. The molecule has 0 atom stereocenters. The summed E-state index contributed by atoms with van der Waals surface area (Å²) in [5, 5.41) is -0.517. The highest BCUT2D eigenvalue weighted by molar-refractivity contribution is 7.92. The molecule has 1 N–H and O–H groups in total. The van der Waals surface area contributed by atoms with Gasteiger partial charge in [0.05, 0.1) is 5.69 Å². The van der Waals surface area contributed by atoms with Crippen LogP contribution in [0.25, 0.3) is 22.8 Å². The predicted octanol–water partition coefficient (Wildman–Crippen LogP) is 5.23. The Hall–Kier alpha value is -3.59. The fraction of sp³-hybridized carbons (Fsp3) is 0. The summed E-state index contributed by atoms with van der Waals surface area (Å²) in [4.78, 5) is 4.09. The maximum Gasteiger partial charge on any atom is 0.283 e. The summed E-state index contributed by atoms with van der Waals surface area (Å²) in [5.41, 5.74) is 0.186. The third kappa shape index (κ3) is 3.67. The van der Waals surface area contributed by atoms with E-state index in [1.54, 1.807) is 60.7 Å². The van der Waals surface area contributed by atoms with Crippen molar-refractivity contribution >= 4 is 15.7 Å². The molecule has 0 saturated carbocycles. The van der Waals surface area contributed by atoms with Crippen molar-refractivity contribution in [1.82, 2.24) is 4.98 Å². The Bertz CT molecular complexity index is 1310. The highest BCUT2D eigenvalue weighted by Gasteiger charge is 2.29. The lowest BCUT2D eigenvalue weighted by Crippen LogP contribution is -2.16. The highest BCUT2D eigenvalue weighted by Crippen LogP contribution is 2.33. The first kappa shape index (κ1) is 19.7. The van der Waals surface area contributed by atoms with Crippen molar-refractivity contribution < 1.29 is 26.0 Å². The summed E-state index contributed by atoms with van der Waals surface area (Å²) in [6, 6.07) is 18.3. The predicted molar refractivity (Wildman–Crippen MR) is 104 cm³/mol. The molecule has 0 saturated heterocycles. The smallest absolute Gasteiger partial charge is 0.283 e. The number of hydrogen-bond donors (Lipinski definition) is 1. The molecule has 30 heavy (non-hydrogen) atoms. The zero-order valence-electron chi connectivity index (χ0n) is 15.1. The molecule has 1 aromatic heterocycles. The van der Waals surface area contributed by atoms with Crippen molar-refractivity contribution in [2.45, 2.75) is 5.03 Å². The molecule has 4 rings (SSSR count). The molecule has 0 radical (unpaired) electrons. The van der Waals surface area contributed by atoms with Crippen molar-refractivity contribution in [3.8, 4) is 22.8 Å². The highest BCUT2D eigenvalue weighted by atomic mass is 32.2. The van der Waals surface area contributed by atoms with Gasteiger partial charge in [-0.05, 0) is 24.3 Å². The molecule has 4 aromatic rings. The summed E-state index contributed by atoms with van der Waals surface area (Å²) in [6.07, 6.45) is 0. The first-order valence-corrected chi connectivity index (χ1v) is 10.1. The van der Waals surface area contributed by atoms with E-state index in [1.807, 2.05) is 4.72 Å². The van der Waals surface area contributed by atoms with Crippen LogP contribution >= 0.6 is 0 Å². The van der Waals surface area contributed by atoms with Gasteiger partial charge in [0.1, 0.15) is 0 Å². The van der Waals surface area contributed by atoms with Crippen LogP contribution in [0, 0.1) is 17.5 Å². The summed E-state index contributed by atoms with van der Waals surface area (Å²) in [6.45, 7) is 0. The number of sulfonamides is 1. The van der Waals surface area contributed by atoms with E-state index in [9.17, 15) is 21.6 Å². The first-order chi connectivity index (χ1) is 14.4. The molecule has 9 heteroatoms. The lowest BCUT2D eigenvalue weighted by atomic mass is 10.2. The largest absolute Gasteiger partial charge is 0.435 e. The van der Waals surface area contributed by atoms with Crippen molar-refractivity contribution in [2.75, 3.05) is 4.72 Å². The van der Waals surface area contributed by atoms with Gasteiger partial charge in [-0.1, -0.05) is 48.5 Å². The van der Waals surface area contributed by atoms with Gasteiger partial charge in [0.15, 0.2) is 23.2 Å². The molecular weight excluding hydrogens is 417 g/mol. The molecule has 0 aliphatic rings. The molecule has 0 spiro atoms. The fourth-order valence-electron chi connectivity index (χ4n) is 2.76. The van der Waals surface area contributed by atoms with Gasteiger partial charge in [-0.3, -0.25) is 4.72 Å². The molecule has 3 aromatic carbocycles. The minimum atomic E-state index is -4.52. The van der Waals surface area contributed by atoms with Gasteiger partial charge in [0.25, 0.3) is 10.0 Å². The van der Waals surface area contributed by atoms with Crippen molar-refractivity contribution in [3.63, 3.8) is 0 Å². The number of nitrogens with zero attached hydrogens (tertiary/aromatic N) is 1. The standard InChI is InChI=1S/C21H13F3N2O3S/c22-15-11-12-16(18(24)17(15)23)26-30(27,28)21-19(13-7-3-1-4-8-13)29-20(25-21)14-9-5-2-6-10-14/h1-12,26H. The number of halogens is 3. The zero-order chi connectivity index (χ0) is 21.3. The molecular formula is C21H13F3N2O3S. The van der Waals surface area contributed by atoms with Crippen LogP contribution in [0.1, 0.15) is 0 Å². The van der Waals surface area contributed by atoms with E-state index in [2.05, 4.69) is 4.98 Å². The van der Waals surface area contributed by atoms with Crippen LogP contribution in [0.5, 0.6) is 0 Å². The first-order valence-electron chi connectivity index (χ1n) is 8.65. The number of rotatable bonds is 5. The van der Waals surface area contributed by atoms with E-state index < -0.39 is 38.2 Å². The van der Waals surface area contributed by atoms with Crippen LogP contribution in [0.2, 0.25) is 0 Å². The number of benzene rings is 3. The van der Waals surface area contributed by atoms with Gasteiger partial charge in [-0.2, -0.15) is 13.4 Å². The Kier molecular flexibility index (Phi) is 5.04. The van der Waals surface area contributed by atoms with Gasteiger partial charge in [-0.15, -0.1) is 0 Å². The molecule has 1 heterocycles. The third-order valence-corrected chi connectivity index (χ3v) is 5.46. The lowest BCUT2D eigenvalue weighted by Gasteiger charge is -2.08. The Balaban J connectivity index is 1.84. The Morgan fingerprint density at radius 2 is 1.37 bits per heavy atom. The number of aromatic nitrogens is 1. The average Bonchev–Trinajstić information content (AvgIpc) is 3.22. The summed E-state index contributed by atoms with van der Waals surface area (Å²) >= 11 is 0. The minimum Gasteiger partial charge on any atom is -0.435 e. The molecule has 0 aliphatic heterocycles. The maximum atomic E-state index is 14.0. The van der Waals surface area contributed by atoms with Crippen LogP contribution in [0.15, 0.2) is 82.2 Å². The third-order valence-electron chi connectivity index (χ3n) is 4.19. The second-order valence-electron chi connectivity index (χ2n) is 6.21. The van der Waals surface area contributed by atoms with E-state index in [0.29, 0.717) is 17.2 Å². The Morgan fingerprint density at radius 1 is 0.767 bits per heavy atom. The average molecular weight is 430 g/mol. The lowest BCUT2D eigenvalue weighted by molar-refractivity contribution is 0.449. The second kappa shape index (κ2) is 7.68. The number of anilines is 1. The molecule has 0 unspecified atom stereocenters. The molecule has 0 fully saturated rings. The van der Waals surface area contributed by atoms with Crippen LogP contribution in [-0.2, 0) is 10.0 Å². The zero-order valence-corrected chi connectivity index (χ0v) is 16.0. The van der Waals surface area contributed by atoms with E-state index in [0.717, 1.165) is 6.07 Å². The van der Waals surface area contributed by atoms with Gasteiger partial charge in [-0.25, -0.2) is 13.2 Å². The van der Waals surface area contributed by atoms with Crippen LogP contribution in [-0.4, -0.2) is 13.4 Å². The van der Waals surface area contributed by atoms with E-state index in [4.69, 9.17) is 4.42 Å². The van der Waals surface area contributed by atoms with Crippen LogP contribution < -0.4 is 4.72 Å². The molecule has 0 aliphatic carbocycles. The molecule has 5 nitrogen and oxygen atoms in total. The van der Waals surface area contributed by atoms with Crippen LogP contribution in [0.4, 0.5) is 18.9 Å². The van der Waals surface area contributed by atoms with E-state index >= 15 is 0 Å². The molecule has 152 valence electrons. The SMILES string of the molecule is O=S(=O)(Nc1ccc(F)c(F)c1F)c1nc(-c2ccccc2)oc1-c1ccccc1. The van der Waals surface area contributed by atoms with Gasteiger partial charge < -0.3 is 4.42 Å². The monoisotopic (exact) mass is 430 g/mol.